The van der Waals surface area contributed by atoms with Crippen LogP contribution in [-0.2, 0) is 6.42 Å². The molecule has 9 rings (SSSR count). The number of aryl methyl sites for hydroxylation is 1. The number of dihydropyridines is 1. The summed E-state index contributed by atoms with van der Waals surface area (Å²) >= 11 is 3.53. The van der Waals surface area contributed by atoms with Crippen LogP contribution in [0.2, 0.25) is 0 Å². The number of hydrogen-bond acceptors (Lipinski definition) is 2. The maximum Gasteiger partial charge on any atom is 0.111 e. The van der Waals surface area contributed by atoms with Crippen molar-refractivity contribution in [1.82, 2.24) is 14.5 Å². The molecule has 238 valence electrons. The van der Waals surface area contributed by atoms with Crippen LogP contribution in [0.4, 0.5) is 0 Å². The van der Waals surface area contributed by atoms with E-state index in [-0.39, 0.29) is 6.04 Å². The van der Waals surface area contributed by atoms with E-state index in [1.165, 1.54) is 66.3 Å². The van der Waals surface area contributed by atoms with Gasteiger partial charge >= 0.3 is 0 Å². The summed E-state index contributed by atoms with van der Waals surface area (Å²) in [6.45, 7) is 4.00. The Morgan fingerprint density at radius 2 is 1.29 bits per heavy atom. The molecule has 7 aromatic rings. The van der Waals surface area contributed by atoms with Gasteiger partial charge in [-0.15, -0.1) is 0 Å². The predicted molar refractivity (Wildman–Crippen MR) is 211 cm³/mol. The smallest absolute Gasteiger partial charge is 0.111 e. The molecule has 2 aromatic heterocycles. The van der Waals surface area contributed by atoms with Crippen molar-refractivity contribution in [3.63, 3.8) is 0 Å². The maximum atomic E-state index is 3.85. The highest BCUT2D eigenvalue weighted by Crippen LogP contribution is 2.38. The van der Waals surface area contributed by atoms with Crippen LogP contribution >= 0.6 is 12.6 Å². The standard InChI is InChI=1S/C41H31N3.C2H6.CH4S/c1-2-11-28(12-3-1)29-21-23-30(24-22-29)36-16-10-20-41(42-36)44-39-19-9-6-15-34(39)35-27-31(25-26-40(35)44)43-37-17-7-4-13-32(37)33-14-5-8-18-38(33)43;2*1-2/h1-4,6-13,15-27,36,42H,5,14H2;1-2H3;2H,1H3. The Morgan fingerprint density at radius 1 is 0.646 bits per heavy atom. The number of fused-ring (bicyclic) bond motifs is 6. The zero-order valence-electron chi connectivity index (χ0n) is 27.8. The summed E-state index contributed by atoms with van der Waals surface area (Å²) < 4.78 is 4.83. The lowest BCUT2D eigenvalue weighted by molar-refractivity contribution is 0.736. The van der Waals surface area contributed by atoms with Crippen LogP contribution in [0.3, 0.4) is 0 Å². The third kappa shape index (κ3) is 5.46. The Bertz CT molecular complexity index is 2300. The number of nitrogens with zero attached hydrogens (tertiary/aromatic N) is 2. The van der Waals surface area contributed by atoms with E-state index in [1.54, 1.807) is 6.26 Å². The summed E-state index contributed by atoms with van der Waals surface area (Å²) in [5.74, 6) is 1.08. The van der Waals surface area contributed by atoms with E-state index < -0.39 is 0 Å². The first-order valence-corrected chi connectivity index (χ1v) is 17.8. The van der Waals surface area contributed by atoms with Crippen molar-refractivity contribution in [2.24, 2.45) is 0 Å². The van der Waals surface area contributed by atoms with Gasteiger partial charge in [0.05, 0.1) is 22.6 Å². The lowest BCUT2D eigenvalue weighted by Crippen LogP contribution is -2.23. The van der Waals surface area contributed by atoms with E-state index in [0.717, 1.165) is 18.7 Å². The van der Waals surface area contributed by atoms with Gasteiger partial charge in [0.1, 0.15) is 5.82 Å². The Labute approximate surface area is 289 Å². The van der Waals surface area contributed by atoms with E-state index in [4.69, 9.17) is 0 Å². The van der Waals surface area contributed by atoms with Crippen molar-refractivity contribution in [2.75, 3.05) is 6.26 Å². The van der Waals surface area contributed by atoms with Crippen molar-refractivity contribution in [3.8, 4) is 16.8 Å². The molecule has 4 heteroatoms. The van der Waals surface area contributed by atoms with E-state index in [1.807, 2.05) is 13.8 Å². The fourth-order valence-electron chi connectivity index (χ4n) is 7.19. The molecule has 2 aliphatic rings. The first-order chi connectivity index (χ1) is 23.8. The lowest BCUT2D eigenvalue weighted by atomic mass is 9.99. The Hall–Kier alpha value is -5.19. The van der Waals surface area contributed by atoms with Crippen LogP contribution in [0.25, 0.3) is 61.4 Å². The van der Waals surface area contributed by atoms with Gasteiger partial charge in [0.2, 0.25) is 0 Å². The topological polar surface area (TPSA) is 21.9 Å². The van der Waals surface area contributed by atoms with Crippen LogP contribution in [0, 0.1) is 0 Å². The SMILES string of the molecule is C1=CC(c2ccc(-c3ccccc3)cc2)NC(n2c3ccccc3c3cc(-n4c5c(c6ccccc64)CCC=C5)ccc32)=C1.CC.CS. The molecular formula is C44H41N3S. The van der Waals surface area contributed by atoms with Crippen LogP contribution in [0.1, 0.15) is 43.1 Å². The second kappa shape index (κ2) is 13.9. The Morgan fingerprint density at radius 3 is 2.06 bits per heavy atom. The third-order valence-corrected chi connectivity index (χ3v) is 9.25. The van der Waals surface area contributed by atoms with Gasteiger partial charge in [0, 0.05) is 27.5 Å². The van der Waals surface area contributed by atoms with E-state index in [0.29, 0.717) is 0 Å². The summed E-state index contributed by atoms with van der Waals surface area (Å²) in [6.07, 6.45) is 15.1. The summed E-state index contributed by atoms with van der Waals surface area (Å²) in [4.78, 5) is 0. The quantitative estimate of drug-likeness (QED) is 0.183. The average molecular weight is 644 g/mol. The van der Waals surface area contributed by atoms with E-state index in [2.05, 4.69) is 179 Å². The summed E-state index contributed by atoms with van der Waals surface area (Å²) in [6, 6.07) is 44.1. The highest BCUT2D eigenvalue weighted by Gasteiger charge is 2.21. The van der Waals surface area contributed by atoms with Gasteiger partial charge in [-0.3, -0.25) is 4.57 Å². The highest BCUT2D eigenvalue weighted by molar-refractivity contribution is 7.79. The van der Waals surface area contributed by atoms with Crippen LogP contribution in [0.5, 0.6) is 0 Å². The van der Waals surface area contributed by atoms with Crippen molar-refractivity contribution < 1.29 is 0 Å². The molecule has 0 fully saturated rings. The molecule has 0 saturated carbocycles. The predicted octanol–water partition coefficient (Wildman–Crippen LogP) is 11.6. The number of rotatable bonds is 4. The number of thiol groups is 1. The normalized spacial score (nSPS) is 14.8. The van der Waals surface area contributed by atoms with Crippen molar-refractivity contribution in [1.29, 1.82) is 0 Å². The molecule has 0 amide bonds. The van der Waals surface area contributed by atoms with Gasteiger partial charge in [-0.1, -0.05) is 123 Å². The average Bonchev–Trinajstić information content (AvgIpc) is 3.69. The summed E-state index contributed by atoms with van der Waals surface area (Å²) in [7, 11) is 0. The molecule has 1 atom stereocenters. The molecular weight excluding hydrogens is 603 g/mol. The van der Waals surface area contributed by atoms with Gasteiger partial charge in [-0.2, -0.15) is 12.6 Å². The number of allylic oxidation sites excluding steroid dienone is 3. The number of benzene rings is 5. The minimum absolute atomic E-state index is 0.0832. The van der Waals surface area contributed by atoms with Gasteiger partial charge < -0.3 is 9.88 Å². The molecule has 48 heavy (non-hydrogen) atoms. The highest BCUT2D eigenvalue weighted by atomic mass is 32.1. The monoisotopic (exact) mass is 643 g/mol. The molecule has 0 bridgehead atoms. The number of hydrogen-bond donors (Lipinski definition) is 2. The van der Waals surface area contributed by atoms with Gasteiger partial charge in [0.15, 0.2) is 0 Å². The molecule has 0 saturated heterocycles. The molecule has 0 spiro atoms. The van der Waals surface area contributed by atoms with E-state index in [9.17, 15) is 0 Å². The van der Waals surface area contributed by atoms with Gasteiger partial charge in [-0.25, -0.2) is 0 Å². The maximum absolute atomic E-state index is 3.85. The molecule has 3 nitrogen and oxygen atoms in total. The molecule has 3 heterocycles. The molecule has 1 aliphatic heterocycles. The summed E-state index contributed by atoms with van der Waals surface area (Å²) in [5.41, 5.74) is 11.3. The number of para-hydroxylation sites is 2. The zero-order valence-corrected chi connectivity index (χ0v) is 28.7. The Kier molecular flexibility index (Phi) is 9.09. The summed E-state index contributed by atoms with van der Waals surface area (Å²) in [5, 5.41) is 7.72. The van der Waals surface area contributed by atoms with Crippen molar-refractivity contribution in [3.05, 3.63) is 162 Å². The van der Waals surface area contributed by atoms with Crippen molar-refractivity contribution >= 4 is 57.2 Å². The molecule has 0 radical (unpaired) electrons. The largest absolute Gasteiger partial charge is 0.361 e. The molecule has 1 unspecified atom stereocenters. The minimum Gasteiger partial charge on any atom is -0.361 e. The molecule has 1 aliphatic carbocycles. The minimum atomic E-state index is 0.0832. The number of nitrogens with one attached hydrogen (secondary N) is 1. The zero-order chi connectivity index (χ0) is 33.0. The second-order valence-electron chi connectivity index (χ2n) is 11.8. The van der Waals surface area contributed by atoms with Gasteiger partial charge in [0.25, 0.3) is 0 Å². The first kappa shape index (κ1) is 31.4. The first-order valence-electron chi connectivity index (χ1n) is 16.9. The fourth-order valence-corrected chi connectivity index (χ4v) is 7.19. The second-order valence-corrected chi connectivity index (χ2v) is 11.8. The fraction of sp³-hybridized carbons (Fsp3) is 0.136. The van der Waals surface area contributed by atoms with Crippen LogP contribution < -0.4 is 5.32 Å². The van der Waals surface area contributed by atoms with E-state index >= 15 is 0 Å². The lowest BCUT2D eigenvalue weighted by Gasteiger charge is -2.24. The molecule has 1 N–H and O–H groups in total. The third-order valence-electron chi connectivity index (χ3n) is 9.25. The Balaban J connectivity index is 0.000000880. The van der Waals surface area contributed by atoms with Crippen molar-refractivity contribution in [2.45, 2.75) is 32.7 Å². The number of aromatic nitrogens is 2. The van der Waals surface area contributed by atoms with Crippen LogP contribution in [-0.4, -0.2) is 15.4 Å². The van der Waals surface area contributed by atoms with Gasteiger partial charge in [-0.05, 0) is 83.8 Å². The van der Waals surface area contributed by atoms with Crippen LogP contribution in [0.15, 0.2) is 146 Å². The molecule has 5 aromatic carbocycles.